The molecule has 106 valence electrons. The van der Waals surface area contributed by atoms with E-state index in [1.165, 1.54) is 5.56 Å². The number of aryl methyl sites for hydroxylation is 2. The van der Waals surface area contributed by atoms with Gasteiger partial charge in [0.25, 0.3) is 0 Å². The van der Waals surface area contributed by atoms with Gasteiger partial charge in [-0.1, -0.05) is 32.0 Å². The summed E-state index contributed by atoms with van der Waals surface area (Å²) >= 11 is 1.64. The molecule has 0 aliphatic heterocycles. The van der Waals surface area contributed by atoms with Crippen molar-refractivity contribution < 1.29 is 4.79 Å². The topological polar surface area (TPSA) is 55.1 Å². The second-order valence-corrected chi connectivity index (χ2v) is 5.90. The Morgan fingerprint density at radius 1 is 1.47 bits per heavy atom. The van der Waals surface area contributed by atoms with Crippen LogP contribution in [-0.2, 0) is 11.2 Å². The van der Waals surface area contributed by atoms with Gasteiger partial charge in [0.2, 0.25) is 5.91 Å². The first kappa shape index (κ1) is 16.1. The lowest BCUT2D eigenvalue weighted by Gasteiger charge is -2.13. The lowest BCUT2D eigenvalue weighted by atomic mass is 10.1. The van der Waals surface area contributed by atoms with E-state index in [2.05, 4.69) is 25.2 Å². The maximum Gasteiger partial charge on any atom is 0.234 e. The van der Waals surface area contributed by atoms with Gasteiger partial charge in [0.1, 0.15) is 0 Å². The highest BCUT2D eigenvalue weighted by molar-refractivity contribution is 7.99. The summed E-state index contributed by atoms with van der Waals surface area (Å²) in [5, 5.41) is 3.03. The molecule has 4 heteroatoms. The molecule has 0 saturated heterocycles. The largest absolute Gasteiger partial charge is 0.330 e. The molecule has 0 fully saturated rings. The van der Waals surface area contributed by atoms with Gasteiger partial charge in [-0.3, -0.25) is 4.79 Å². The molecule has 19 heavy (non-hydrogen) atoms. The number of rotatable bonds is 7. The molecule has 0 heterocycles. The normalized spacial score (nSPS) is 12.2. The average molecular weight is 280 g/mol. The zero-order valence-corrected chi connectivity index (χ0v) is 12.8. The summed E-state index contributed by atoms with van der Waals surface area (Å²) < 4.78 is 0. The molecule has 0 aliphatic rings. The number of amides is 1. The van der Waals surface area contributed by atoms with Crippen molar-refractivity contribution in [2.45, 2.75) is 27.2 Å². The Morgan fingerprint density at radius 3 is 2.84 bits per heavy atom. The van der Waals surface area contributed by atoms with Gasteiger partial charge >= 0.3 is 0 Å². The fraction of sp³-hybridized carbons (Fsp3) is 0.533. The highest BCUT2D eigenvalue weighted by Crippen LogP contribution is 2.21. The molecular formula is C15H24N2OS. The van der Waals surface area contributed by atoms with Gasteiger partial charge < -0.3 is 11.1 Å². The lowest BCUT2D eigenvalue weighted by Crippen LogP contribution is -2.18. The molecule has 1 amide bonds. The zero-order valence-electron chi connectivity index (χ0n) is 12.0. The third-order valence-electron chi connectivity index (χ3n) is 3.04. The highest BCUT2D eigenvalue weighted by Gasteiger charge is 2.09. The van der Waals surface area contributed by atoms with Crippen LogP contribution >= 0.6 is 11.8 Å². The number of thioether (sulfide) groups is 1. The molecule has 0 bridgehead atoms. The molecule has 1 aromatic carbocycles. The fourth-order valence-corrected chi connectivity index (χ4v) is 2.71. The number of carbonyl (C=O) groups excluding carboxylic acids is 1. The molecule has 0 spiro atoms. The van der Waals surface area contributed by atoms with E-state index in [-0.39, 0.29) is 5.91 Å². The minimum Gasteiger partial charge on any atom is -0.330 e. The number of nitrogens with one attached hydrogen (secondary N) is 1. The first-order chi connectivity index (χ1) is 9.08. The van der Waals surface area contributed by atoms with E-state index in [4.69, 9.17) is 5.73 Å². The van der Waals surface area contributed by atoms with E-state index in [0.717, 1.165) is 23.4 Å². The molecule has 1 rings (SSSR count). The van der Waals surface area contributed by atoms with Crippen molar-refractivity contribution in [1.82, 2.24) is 0 Å². The summed E-state index contributed by atoms with van der Waals surface area (Å²) in [7, 11) is 0. The summed E-state index contributed by atoms with van der Waals surface area (Å²) in [6, 6.07) is 6.12. The van der Waals surface area contributed by atoms with Crippen molar-refractivity contribution in [2.24, 2.45) is 11.7 Å². The number of nitrogens with two attached hydrogens (primary N) is 1. The van der Waals surface area contributed by atoms with Crippen LogP contribution in [-0.4, -0.2) is 24.0 Å². The Kier molecular flexibility index (Phi) is 6.95. The molecular weight excluding hydrogens is 256 g/mol. The van der Waals surface area contributed by atoms with Crippen LogP contribution in [0.5, 0.6) is 0 Å². The molecule has 1 atom stereocenters. The number of hydrogen-bond acceptors (Lipinski definition) is 3. The molecule has 0 aliphatic carbocycles. The summed E-state index contributed by atoms with van der Waals surface area (Å²) in [4.78, 5) is 11.9. The minimum atomic E-state index is 0.0678. The van der Waals surface area contributed by atoms with Crippen LogP contribution in [0.25, 0.3) is 0 Å². The van der Waals surface area contributed by atoms with Crippen LogP contribution in [0.2, 0.25) is 0 Å². The second kappa shape index (κ2) is 8.23. The van der Waals surface area contributed by atoms with E-state index in [1.54, 1.807) is 11.8 Å². The molecule has 3 N–H and O–H groups in total. The smallest absolute Gasteiger partial charge is 0.234 e. The Labute approximate surface area is 120 Å². The van der Waals surface area contributed by atoms with Crippen molar-refractivity contribution >= 4 is 23.4 Å². The molecule has 0 saturated carbocycles. The molecule has 0 aromatic heterocycles. The number of carbonyl (C=O) groups is 1. The van der Waals surface area contributed by atoms with Gasteiger partial charge in [-0.25, -0.2) is 0 Å². The Morgan fingerprint density at radius 2 is 2.21 bits per heavy atom. The molecule has 1 unspecified atom stereocenters. The summed E-state index contributed by atoms with van der Waals surface area (Å²) in [6.45, 7) is 6.90. The van der Waals surface area contributed by atoms with Gasteiger partial charge in [-0.05, 0) is 42.7 Å². The third kappa shape index (κ3) is 5.25. The summed E-state index contributed by atoms with van der Waals surface area (Å²) in [6.07, 6.45) is 0.925. The minimum absolute atomic E-state index is 0.0678. The highest BCUT2D eigenvalue weighted by atomic mass is 32.2. The lowest BCUT2D eigenvalue weighted by molar-refractivity contribution is -0.113. The van der Waals surface area contributed by atoms with Gasteiger partial charge in [-0.2, -0.15) is 11.8 Å². The standard InChI is InChI=1S/C15H24N2OS/c1-4-13-7-5-6-12(3)15(13)17-14(18)10-19-9-11(2)8-16/h5-7,11H,4,8-10,16H2,1-3H3,(H,17,18). The summed E-state index contributed by atoms with van der Waals surface area (Å²) in [5.41, 5.74) is 8.84. The number of para-hydroxylation sites is 1. The van der Waals surface area contributed by atoms with Crippen LogP contribution in [0.1, 0.15) is 25.0 Å². The predicted molar refractivity (Wildman–Crippen MR) is 84.7 cm³/mol. The Hall–Kier alpha value is -1.000. The van der Waals surface area contributed by atoms with Crippen molar-refractivity contribution in [2.75, 3.05) is 23.4 Å². The maximum absolute atomic E-state index is 11.9. The van der Waals surface area contributed by atoms with Gasteiger partial charge in [0, 0.05) is 5.69 Å². The average Bonchev–Trinajstić information content (AvgIpc) is 2.40. The van der Waals surface area contributed by atoms with Crippen molar-refractivity contribution in [3.8, 4) is 0 Å². The molecule has 1 aromatic rings. The number of benzene rings is 1. The fourth-order valence-electron chi connectivity index (χ4n) is 1.80. The van der Waals surface area contributed by atoms with Crippen LogP contribution in [0, 0.1) is 12.8 Å². The predicted octanol–water partition coefficient (Wildman–Crippen LogP) is 2.82. The number of anilines is 1. The van der Waals surface area contributed by atoms with Crippen molar-refractivity contribution in [1.29, 1.82) is 0 Å². The third-order valence-corrected chi connectivity index (χ3v) is 4.31. The van der Waals surface area contributed by atoms with E-state index in [9.17, 15) is 4.79 Å². The molecule has 3 nitrogen and oxygen atoms in total. The van der Waals surface area contributed by atoms with Crippen molar-refractivity contribution in [3.05, 3.63) is 29.3 Å². The Bertz CT molecular complexity index is 421. The van der Waals surface area contributed by atoms with Crippen LogP contribution < -0.4 is 11.1 Å². The first-order valence-electron chi connectivity index (χ1n) is 6.74. The van der Waals surface area contributed by atoms with E-state index < -0.39 is 0 Å². The van der Waals surface area contributed by atoms with Crippen LogP contribution in [0.4, 0.5) is 5.69 Å². The van der Waals surface area contributed by atoms with E-state index >= 15 is 0 Å². The SMILES string of the molecule is CCc1cccc(C)c1NC(=O)CSCC(C)CN. The maximum atomic E-state index is 11.9. The first-order valence-corrected chi connectivity index (χ1v) is 7.90. The van der Waals surface area contributed by atoms with Gasteiger partial charge in [-0.15, -0.1) is 0 Å². The summed E-state index contributed by atoms with van der Waals surface area (Å²) in [5.74, 6) is 1.95. The second-order valence-electron chi connectivity index (χ2n) is 4.87. The molecule has 0 radical (unpaired) electrons. The quantitative estimate of drug-likeness (QED) is 0.807. The number of hydrogen-bond donors (Lipinski definition) is 2. The van der Waals surface area contributed by atoms with Gasteiger partial charge in [0.05, 0.1) is 5.75 Å². The van der Waals surface area contributed by atoms with Crippen molar-refractivity contribution in [3.63, 3.8) is 0 Å². The van der Waals surface area contributed by atoms with Crippen LogP contribution in [0.3, 0.4) is 0 Å². The monoisotopic (exact) mass is 280 g/mol. The Balaban J connectivity index is 2.53. The zero-order chi connectivity index (χ0) is 14.3. The van der Waals surface area contributed by atoms with Gasteiger partial charge in [0.15, 0.2) is 0 Å². The van der Waals surface area contributed by atoms with E-state index in [0.29, 0.717) is 18.2 Å². The van der Waals surface area contributed by atoms with E-state index in [1.807, 2.05) is 19.1 Å². The van der Waals surface area contributed by atoms with Crippen LogP contribution in [0.15, 0.2) is 18.2 Å².